The predicted molar refractivity (Wildman–Crippen MR) is 68.4 cm³/mol. The highest BCUT2D eigenvalue weighted by atomic mass is 32.2. The third-order valence-electron chi connectivity index (χ3n) is 2.95. The van der Waals surface area contributed by atoms with Crippen molar-refractivity contribution < 1.29 is 9.00 Å². The van der Waals surface area contributed by atoms with Gasteiger partial charge in [0.1, 0.15) is 5.25 Å². The maximum Gasteiger partial charge on any atom is 0.188 e. The van der Waals surface area contributed by atoms with Gasteiger partial charge in [-0.05, 0) is 31.7 Å². The third-order valence-corrected chi connectivity index (χ3v) is 5.57. The van der Waals surface area contributed by atoms with Gasteiger partial charge in [-0.15, -0.1) is 11.3 Å². The topological polar surface area (TPSA) is 34.1 Å². The molecule has 1 aromatic rings. The second-order valence-electron chi connectivity index (χ2n) is 4.12. The van der Waals surface area contributed by atoms with E-state index in [2.05, 4.69) is 0 Å². The first-order valence-electron chi connectivity index (χ1n) is 5.19. The largest absolute Gasteiger partial charge is 0.292 e. The van der Waals surface area contributed by atoms with E-state index in [1.807, 2.05) is 31.4 Å². The molecule has 86 valence electrons. The van der Waals surface area contributed by atoms with Crippen molar-refractivity contribution in [3.63, 3.8) is 0 Å². The van der Waals surface area contributed by atoms with Gasteiger partial charge in [0.25, 0.3) is 0 Å². The Morgan fingerprint density at radius 2 is 2.19 bits per heavy atom. The van der Waals surface area contributed by atoms with Gasteiger partial charge in [-0.2, -0.15) is 0 Å². The number of allylic oxidation sites excluding steroid dienone is 1. The minimum Gasteiger partial charge on any atom is -0.292 e. The van der Waals surface area contributed by atoms with Crippen LogP contribution in [-0.2, 0) is 10.8 Å². The molecule has 2 rings (SSSR count). The molecule has 2 heterocycles. The minimum absolute atomic E-state index is 0.0418. The van der Waals surface area contributed by atoms with Crippen molar-refractivity contribution in [3.05, 3.63) is 33.5 Å². The van der Waals surface area contributed by atoms with E-state index in [9.17, 15) is 9.00 Å². The average molecular weight is 254 g/mol. The minimum atomic E-state index is -1.04. The second-order valence-corrected chi connectivity index (χ2v) is 6.69. The summed E-state index contributed by atoms with van der Waals surface area (Å²) >= 11 is 1.43. The summed E-state index contributed by atoms with van der Waals surface area (Å²) < 4.78 is 11.9. The molecule has 16 heavy (non-hydrogen) atoms. The SMILES string of the molecule is CC1=C(C)C[S@@](=O)[C@H](C(=O)c2cccs2)C1. The van der Waals surface area contributed by atoms with Crippen molar-refractivity contribution in [1.82, 2.24) is 0 Å². The second kappa shape index (κ2) is 4.63. The van der Waals surface area contributed by atoms with Gasteiger partial charge in [0.05, 0.1) is 4.88 Å². The van der Waals surface area contributed by atoms with Crippen molar-refractivity contribution in [3.8, 4) is 0 Å². The first-order valence-corrected chi connectivity index (χ1v) is 7.46. The summed E-state index contributed by atoms with van der Waals surface area (Å²) in [6.07, 6.45) is 0.648. The molecule has 0 saturated heterocycles. The van der Waals surface area contributed by atoms with Gasteiger partial charge in [0.2, 0.25) is 0 Å². The van der Waals surface area contributed by atoms with Crippen LogP contribution in [-0.4, -0.2) is 21.0 Å². The lowest BCUT2D eigenvalue weighted by molar-refractivity contribution is 0.0991. The highest BCUT2D eigenvalue weighted by molar-refractivity contribution is 7.86. The number of Topliss-reactive ketones (excluding diaryl/α,β-unsaturated/α-hetero) is 1. The van der Waals surface area contributed by atoms with Crippen molar-refractivity contribution in [2.75, 3.05) is 5.75 Å². The van der Waals surface area contributed by atoms with E-state index >= 15 is 0 Å². The number of carbonyl (C=O) groups excluding carboxylic acids is 1. The Hall–Kier alpha value is -0.740. The molecule has 1 aliphatic rings. The van der Waals surface area contributed by atoms with Crippen molar-refractivity contribution in [2.45, 2.75) is 25.5 Å². The fourth-order valence-electron chi connectivity index (χ4n) is 1.77. The van der Waals surface area contributed by atoms with E-state index in [0.29, 0.717) is 12.2 Å². The van der Waals surface area contributed by atoms with E-state index in [-0.39, 0.29) is 11.0 Å². The zero-order chi connectivity index (χ0) is 11.7. The molecule has 1 aliphatic heterocycles. The summed E-state index contributed by atoms with van der Waals surface area (Å²) in [6.45, 7) is 4.03. The number of ketones is 1. The molecule has 0 bridgehead atoms. The van der Waals surface area contributed by atoms with Crippen LogP contribution in [0.25, 0.3) is 0 Å². The van der Waals surface area contributed by atoms with E-state index < -0.39 is 10.8 Å². The van der Waals surface area contributed by atoms with Gasteiger partial charge in [-0.3, -0.25) is 9.00 Å². The Morgan fingerprint density at radius 1 is 1.44 bits per heavy atom. The molecule has 0 aromatic carbocycles. The smallest absolute Gasteiger partial charge is 0.188 e. The molecule has 2 nitrogen and oxygen atoms in total. The molecule has 0 fully saturated rings. The molecular formula is C12H14O2S2. The Kier molecular flexibility index (Phi) is 3.40. The van der Waals surface area contributed by atoms with Crippen molar-refractivity contribution in [1.29, 1.82) is 0 Å². The van der Waals surface area contributed by atoms with Gasteiger partial charge in [0, 0.05) is 16.6 Å². The molecular weight excluding hydrogens is 240 g/mol. The number of thiophene rings is 1. The van der Waals surface area contributed by atoms with Crippen LogP contribution in [0.2, 0.25) is 0 Å². The molecule has 0 radical (unpaired) electrons. The first kappa shape index (κ1) is 11.7. The number of hydrogen-bond acceptors (Lipinski definition) is 3. The summed E-state index contributed by atoms with van der Waals surface area (Å²) in [7, 11) is -1.04. The molecule has 0 aliphatic carbocycles. The Balaban J connectivity index is 2.23. The van der Waals surface area contributed by atoms with Crippen LogP contribution in [0.15, 0.2) is 28.7 Å². The lowest BCUT2D eigenvalue weighted by Crippen LogP contribution is -2.31. The summed E-state index contributed by atoms with van der Waals surface area (Å²) in [4.78, 5) is 12.8. The highest BCUT2D eigenvalue weighted by Crippen LogP contribution is 2.26. The van der Waals surface area contributed by atoms with Crippen molar-refractivity contribution in [2.24, 2.45) is 0 Å². The Labute approximate surface area is 102 Å². The van der Waals surface area contributed by atoms with Crippen LogP contribution in [0.5, 0.6) is 0 Å². The van der Waals surface area contributed by atoms with Gasteiger partial charge < -0.3 is 0 Å². The van der Waals surface area contributed by atoms with E-state index in [1.54, 1.807) is 0 Å². The average Bonchev–Trinajstić information content (AvgIpc) is 2.75. The number of rotatable bonds is 2. The number of carbonyl (C=O) groups is 1. The highest BCUT2D eigenvalue weighted by Gasteiger charge is 2.30. The zero-order valence-electron chi connectivity index (χ0n) is 9.36. The van der Waals surface area contributed by atoms with Crippen LogP contribution in [0.3, 0.4) is 0 Å². The van der Waals surface area contributed by atoms with E-state index in [4.69, 9.17) is 0 Å². The maximum atomic E-state index is 12.1. The summed E-state index contributed by atoms with van der Waals surface area (Å²) in [5.74, 6) is 0.591. The van der Waals surface area contributed by atoms with Crippen LogP contribution in [0.4, 0.5) is 0 Å². The Bertz CT molecular complexity index is 457. The van der Waals surface area contributed by atoms with Gasteiger partial charge in [0.15, 0.2) is 5.78 Å². The first-order chi connectivity index (χ1) is 7.59. The normalized spacial score (nSPS) is 25.9. The molecule has 0 spiro atoms. The van der Waals surface area contributed by atoms with Crippen LogP contribution in [0, 0.1) is 0 Å². The lowest BCUT2D eigenvalue weighted by atomic mass is 10.0. The molecule has 0 N–H and O–H groups in total. The fourth-order valence-corrected chi connectivity index (χ4v) is 4.24. The molecule has 2 atom stereocenters. The summed E-state index contributed by atoms with van der Waals surface area (Å²) in [5, 5.41) is 1.55. The quantitative estimate of drug-likeness (QED) is 0.601. The summed E-state index contributed by atoms with van der Waals surface area (Å²) in [6, 6.07) is 3.67. The maximum absolute atomic E-state index is 12.1. The number of hydrogen-bond donors (Lipinski definition) is 0. The third kappa shape index (κ3) is 2.18. The van der Waals surface area contributed by atoms with E-state index in [1.165, 1.54) is 22.5 Å². The van der Waals surface area contributed by atoms with Gasteiger partial charge >= 0.3 is 0 Å². The van der Waals surface area contributed by atoms with Crippen LogP contribution in [0.1, 0.15) is 29.9 Å². The molecule has 0 unspecified atom stereocenters. The Morgan fingerprint density at radius 3 is 2.81 bits per heavy atom. The van der Waals surface area contributed by atoms with Crippen LogP contribution < -0.4 is 0 Å². The molecule has 0 saturated carbocycles. The van der Waals surface area contributed by atoms with E-state index in [0.717, 1.165) is 4.88 Å². The lowest BCUT2D eigenvalue weighted by Gasteiger charge is -2.22. The van der Waals surface area contributed by atoms with Crippen molar-refractivity contribution >= 4 is 27.9 Å². The fraction of sp³-hybridized carbons (Fsp3) is 0.417. The van der Waals surface area contributed by atoms with Gasteiger partial charge in [-0.1, -0.05) is 17.2 Å². The predicted octanol–water partition coefficient (Wildman–Crippen LogP) is 2.79. The molecule has 1 aromatic heterocycles. The standard InChI is InChI=1S/C12H14O2S2/c1-8-6-11(16(14)7-9(8)2)12(13)10-4-3-5-15-10/h3-5,11H,6-7H2,1-2H3/t11-,16+/m0/s1. The van der Waals surface area contributed by atoms with Crippen LogP contribution >= 0.6 is 11.3 Å². The molecule has 0 amide bonds. The monoisotopic (exact) mass is 254 g/mol. The summed E-state index contributed by atoms with van der Waals surface area (Å²) in [5.41, 5.74) is 2.39. The van der Waals surface area contributed by atoms with Gasteiger partial charge in [-0.25, -0.2) is 0 Å². The molecule has 4 heteroatoms. The zero-order valence-corrected chi connectivity index (χ0v) is 11.0.